The summed E-state index contributed by atoms with van der Waals surface area (Å²) in [5, 5.41) is 9.83. The van der Waals surface area contributed by atoms with Gasteiger partial charge in [0.2, 0.25) is 0 Å². The fraction of sp³-hybridized carbons (Fsp3) is 0.855. The van der Waals surface area contributed by atoms with E-state index >= 15 is 0 Å². The largest absolute Gasteiger partial charge is 0.472 e. The van der Waals surface area contributed by atoms with E-state index in [4.69, 9.17) is 23.3 Å². The number of esters is 3. The number of ether oxygens (including phenoxy) is 3. The number of aliphatic hydroxyl groups excluding tert-OH is 1. The van der Waals surface area contributed by atoms with Gasteiger partial charge in [-0.2, -0.15) is 0 Å². The summed E-state index contributed by atoms with van der Waals surface area (Å²) in [6.07, 6.45) is 59.7. The molecule has 3 atom stereocenters. The van der Waals surface area contributed by atoms with E-state index in [-0.39, 0.29) is 25.9 Å². The van der Waals surface area contributed by atoms with Crippen molar-refractivity contribution >= 4 is 25.7 Å². The van der Waals surface area contributed by atoms with Gasteiger partial charge in [0.1, 0.15) is 12.7 Å². The van der Waals surface area contributed by atoms with Crippen molar-refractivity contribution in [3.05, 3.63) is 36.5 Å². The summed E-state index contributed by atoms with van der Waals surface area (Å²) in [6, 6.07) is 0. The summed E-state index contributed by atoms with van der Waals surface area (Å²) < 4.78 is 39.5. The minimum absolute atomic E-state index is 0.157. The van der Waals surface area contributed by atoms with Gasteiger partial charge in [0.05, 0.1) is 19.8 Å². The normalized spacial score (nSPS) is 13.5. The Balaban J connectivity index is 4.56. The Morgan fingerprint density at radius 2 is 0.662 bits per heavy atom. The quantitative estimate of drug-likeness (QED) is 0.0197. The number of allylic oxidation sites excluding steroid dienone is 6. The molecule has 0 radical (unpaired) electrons. The van der Waals surface area contributed by atoms with Gasteiger partial charge in [-0.05, 0) is 57.8 Å². The SMILES string of the molecule is CCCCC/C=C\C/C=C\C/C=C\CCCCCCCCC(=O)OC(COC(=O)CCCCCCCCCCC)COP(=O)(O)OCC(CO)OC(=O)CCCCCCCCCCCCCCCCCCCCC. The number of phosphoric ester groups is 1. The smallest absolute Gasteiger partial charge is 0.462 e. The first-order valence-corrected chi connectivity index (χ1v) is 32.4. The second-order valence-electron chi connectivity index (χ2n) is 20.9. The van der Waals surface area contributed by atoms with Crippen LogP contribution in [0.1, 0.15) is 303 Å². The lowest BCUT2D eigenvalue weighted by molar-refractivity contribution is -0.161. The third-order valence-corrected chi connectivity index (χ3v) is 14.5. The Kier molecular flexibility index (Phi) is 55.1. The standard InChI is InChI=1S/C62H115O11P/c1-4-7-10-13-16-19-21-23-25-27-29-31-33-35-37-40-43-46-49-52-61(65)72-58(54-63)56-70-74(67,68)71-57-59(55-69-60(64)51-48-45-42-39-18-15-12-9-6-3)73-62(66)53-50-47-44-41-38-36-34-32-30-28-26-24-22-20-17-14-11-8-5-2/h17,20,24,26,30,32,58-59,63H,4-16,18-19,21-23,25,27-29,31,33-57H2,1-3H3,(H,67,68)/b20-17-,26-24-,32-30-. The first-order valence-electron chi connectivity index (χ1n) is 30.9. The zero-order chi connectivity index (χ0) is 54.1. The van der Waals surface area contributed by atoms with E-state index in [1.54, 1.807) is 0 Å². The molecule has 0 spiro atoms. The van der Waals surface area contributed by atoms with Gasteiger partial charge in [-0.15, -0.1) is 0 Å². The van der Waals surface area contributed by atoms with Gasteiger partial charge in [0, 0.05) is 19.3 Å². The maximum Gasteiger partial charge on any atom is 0.472 e. The van der Waals surface area contributed by atoms with Gasteiger partial charge >= 0.3 is 25.7 Å². The number of aliphatic hydroxyl groups is 1. The molecule has 11 nitrogen and oxygen atoms in total. The minimum Gasteiger partial charge on any atom is -0.462 e. The Labute approximate surface area is 454 Å². The van der Waals surface area contributed by atoms with Crippen molar-refractivity contribution in [2.24, 2.45) is 0 Å². The van der Waals surface area contributed by atoms with Gasteiger partial charge in [-0.1, -0.05) is 263 Å². The highest BCUT2D eigenvalue weighted by Gasteiger charge is 2.28. The summed E-state index contributed by atoms with van der Waals surface area (Å²) in [6.45, 7) is 4.64. The van der Waals surface area contributed by atoms with Crippen LogP contribution in [0.5, 0.6) is 0 Å². The van der Waals surface area contributed by atoms with Crippen molar-refractivity contribution in [3.63, 3.8) is 0 Å². The third kappa shape index (κ3) is 54.5. The molecule has 0 fully saturated rings. The number of carbonyl (C=O) groups excluding carboxylic acids is 3. The van der Waals surface area contributed by atoms with E-state index in [1.807, 2.05) is 0 Å². The van der Waals surface area contributed by atoms with Crippen molar-refractivity contribution in [3.8, 4) is 0 Å². The predicted molar refractivity (Wildman–Crippen MR) is 307 cm³/mol. The Morgan fingerprint density at radius 1 is 0.378 bits per heavy atom. The summed E-state index contributed by atoms with van der Waals surface area (Å²) in [5.74, 6) is -1.46. The lowest BCUT2D eigenvalue weighted by Gasteiger charge is -2.21. The summed E-state index contributed by atoms with van der Waals surface area (Å²) in [5.41, 5.74) is 0. The van der Waals surface area contributed by atoms with E-state index in [0.717, 1.165) is 89.9 Å². The molecular formula is C62H115O11P. The Bertz CT molecular complexity index is 1380. The molecular weight excluding hydrogens is 952 g/mol. The zero-order valence-electron chi connectivity index (χ0n) is 48.1. The molecule has 74 heavy (non-hydrogen) atoms. The molecule has 12 heteroatoms. The van der Waals surface area contributed by atoms with Crippen molar-refractivity contribution in [1.82, 2.24) is 0 Å². The van der Waals surface area contributed by atoms with Crippen LogP contribution in [0.15, 0.2) is 36.5 Å². The minimum atomic E-state index is -4.74. The highest BCUT2D eigenvalue weighted by molar-refractivity contribution is 7.47. The molecule has 0 saturated heterocycles. The topological polar surface area (TPSA) is 155 Å². The molecule has 0 aliphatic heterocycles. The summed E-state index contributed by atoms with van der Waals surface area (Å²) in [7, 11) is -4.74. The van der Waals surface area contributed by atoms with E-state index < -0.39 is 57.8 Å². The molecule has 0 saturated carbocycles. The van der Waals surface area contributed by atoms with Gasteiger partial charge < -0.3 is 24.2 Å². The maximum absolute atomic E-state index is 12.9. The molecule has 0 amide bonds. The van der Waals surface area contributed by atoms with E-state index in [9.17, 15) is 28.9 Å². The number of hydrogen-bond acceptors (Lipinski definition) is 10. The molecule has 0 aromatic heterocycles. The average molecular weight is 1070 g/mol. The third-order valence-electron chi connectivity index (χ3n) is 13.6. The number of unbranched alkanes of at least 4 members (excludes halogenated alkanes) is 35. The lowest BCUT2D eigenvalue weighted by Crippen LogP contribution is -2.30. The molecule has 434 valence electrons. The highest BCUT2D eigenvalue weighted by atomic mass is 31.2. The van der Waals surface area contributed by atoms with Gasteiger partial charge in [-0.3, -0.25) is 23.4 Å². The first-order chi connectivity index (χ1) is 36.2. The highest BCUT2D eigenvalue weighted by Crippen LogP contribution is 2.43. The van der Waals surface area contributed by atoms with Crippen molar-refractivity contribution in [2.45, 2.75) is 315 Å². The van der Waals surface area contributed by atoms with Crippen molar-refractivity contribution in [1.29, 1.82) is 0 Å². The summed E-state index contributed by atoms with van der Waals surface area (Å²) in [4.78, 5) is 48.5. The number of phosphoric acid groups is 1. The predicted octanol–water partition coefficient (Wildman–Crippen LogP) is 18.4. The first kappa shape index (κ1) is 71.7. The fourth-order valence-corrected chi connectivity index (χ4v) is 9.62. The van der Waals surface area contributed by atoms with E-state index in [0.29, 0.717) is 19.3 Å². The molecule has 0 aromatic rings. The molecule has 0 aromatic carbocycles. The molecule has 0 aliphatic carbocycles. The average Bonchev–Trinajstić information content (AvgIpc) is 3.39. The van der Waals surface area contributed by atoms with Crippen LogP contribution >= 0.6 is 7.82 Å². The Hall–Kier alpha value is -2.30. The fourth-order valence-electron chi connectivity index (χ4n) is 8.84. The summed E-state index contributed by atoms with van der Waals surface area (Å²) >= 11 is 0. The van der Waals surface area contributed by atoms with Gasteiger partial charge in [0.25, 0.3) is 0 Å². The van der Waals surface area contributed by atoms with Crippen LogP contribution in [0.2, 0.25) is 0 Å². The maximum atomic E-state index is 12.9. The van der Waals surface area contributed by atoms with Crippen LogP contribution in [0.4, 0.5) is 0 Å². The van der Waals surface area contributed by atoms with Gasteiger partial charge in [0.15, 0.2) is 6.10 Å². The van der Waals surface area contributed by atoms with Crippen LogP contribution in [-0.2, 0) is 42.2 Å². The van der Waals surface area contributed by atoms with Gasteiger partial charge in [-0.25, -0.2) is 4.57 Å². The van der Waals surface area contributed by atoms with Crippen LogP contribution in [0, 0.1) is 0 Å². The van der Waals surface area contributed by atoms with E-state index in [2.05, 4.69) is 57.2 Å². The zero-order valence-corrected chi connectivity index (χ0v) is 49.0. The molecule has 0 rings (SSSR count). The second kappa shape index (κ2) is 56.9. The van der Waals surface area contributed by atoms with E-state index in [1.165, 1.54) is 154 Å². The van der Waals surface area contributed by atoms with Crippen molar-refractivity contribution < 1.29 is 52.2 Å². The number of rotatable bonds is 58. The van der Waals surface area contributed by atoms with Crippen molar-refractivity contribution in [2.75, 3.05) is 26.4 Å². The van der Waals surface area contributed by atoms with Crippen LogP contribution in [-0.4, -0.2) is 66.5 Å². The van der Waals surface area contributed by atoms with Crippen LogP contribution in [0.3, 0.4) is 0 Å². The molecule has 3 unspecified atom stereocenters. The molecule has 0 heterocycles. The molecule has 2 N–H and O–H groups in total. The van der Waals surface area contributed by atoms with Crippen LogP contribution < -0.4 is 0 Å². The second-order valence-corrected chi connectivity index (χ2v) is 22.3. The Morgan fingerprint density at radius 3 is 1.04 bits per heavy atom. The lowest BCUT2D eigenvalue weighted by atomic mass is 10.0. The monoisotopic (exact) mass is 1070 g/mol. The number of carbonyl (C=O) groups is 3. The molecule has 0 aliphatic rings. The molecule has 0 bridgehead atoms. The van der Waals surface area contributed by atoms with Crippen LogP contribution in [0.25, 0.3) is 0 Å². The number of hydrogen-bond donors (Lipinski definition) is 2.